The molecule has 9 nitrogen and oxygen atoms in total. The maximum absolute atomic E-state index is 13.4. The summed E-state index contributed by atoms with van der Waals surface area (Å²) in [5.74, 6) is 0.457. The average Bonchev–Trinajstić information content (AvgIpc) is 3.22. The van der Waals surface area contributed by atoms with Crippen LogP contribution in [0.15, 0.2) is 53.8 Å². The van der Waals surface area contributed by atoms with Crippen molar-refractivity contribution in [3.8, 4) is 11.1 Å². The summed E-state index contributed by atoms with van der Waals surface area (Å²) in [6, 6.07) is 7.20. The van der Waals surface area contributed by atoms with Crippen LogP contribution in [0.25, 0.3) is 32.8 Å². The summed E-state index contributed by atoms with van der Waals surface area (Å²) in [4.78, 5) is 36.4. The zero-order valence-electron chi connectivity index (χ0n) is 17.6. The molecule has 1 N–H and O–H groups in total. The molecule has 162 valence electrons. The quantitative estimate of drug-likeness (QED) is 0.527. The molecule has 1 saturated heterocycles. The van der Waals surface area contributed by atoms with E-state index in [1.807, 2.05) is 31.4 Å². The Morgan fingerprint density at radius 2 is 1.91 bits per heavy atom. The van der Waals surface area contributed by atoms with E-state index in [9.17, 15) is 9.59 Å². The Morgan fingerprint density at radius 3 is 2.69 bits per heavy atom. The molecule has 0 radical (unpaired) electrons. The Bertz CT molecular complexity index is 1380. The van der Waals surface area contributed by atoms with Crippen molar-refractivity contribution >= 4 is 33.4 Å². The molecule has 0 aliphatic carbocycles. The van der Waals surface area contributed by atoms with Gasteiger partial charge in [-0.2, -0.15) is 5.10 Å². The highest BCUT2D eigenvalue weighted by Gasteiger charge is 2.16. The molecule has 1 aliphatic rings. The maximum Gasteiger partial charge on any atom is 0.242 e. The molecule has 1 aliphatic heterocycles. The second-order valence-electron chi connectivity index (χ2n) is 7.73. The number of hydrogen-bond acceptors (Lipinski definition) is 7. The molecule has 0 atom stereocenters. The van der Waals surface area contributed by atoms with Crippen molar-refractivity contribution in [2.75, 3.05) is 38.2 Å². The van der Waals surface area contributed by atoms with Crippen LogP contribution in [0.2, 0.25) is 0 Å². The highest BCUT2D eigenvalue weighted by molar-refractivity contribution is 5.94. The monoisotopic (exact) mass is 430 g/mol. The van der Waals surface area contributed by atoms with E-state index in [0.29, 0.717) is 53.8 Å². The van der Waals surface area contributed by atoms with Gasteiger partial charge in [-0.25, -0.2) is 4.98 Å². The number of aromatic nitrogens is 4. The predicted octanol–water partition coefficient (Wildman–Crippen LogP) is 1.81. The highest BCUT2D eigenvalue weighted by Crippen LogP contribution is 2.22. The van der Waals surface area contributed by atoms with E-state index in [1.54, 1.807) is 34.2 Å². The van der Waals surface area contributed by atoms with Gasteiger partial charge in [0.05, 0.1) is 31.5 Å². The first-order valence-corrected chi connectivity index (χ1v) is 10.4. The van der Waals surface area contributed by atoms with Crippen molar-refractivity contribution in [1.29, 1.82) is 0 Å². The molecular formula is C23H22N6O3. The van der Waals surface area contributed by atoms with E-state index in [1.165, 1.54) is 0 Å². The molecule has 9 heteroatoms. The lowest BCUT2D eigenvalue weighted by molar-refractivity contribution is -0.133. The van der Waals surface area contributed by atoms with Crippen molar-refractivity contribution < 1.29 is 9.53 Å². The number of pyridine rings is 2. The van der Waals surface area contributed by atoms with Crippen LogP contribution in [0.4, 0.5) is 5.82 Å². The lowest BCUT2D eigenvalue weighted by Gasteiger charge is -2.26. The number of hydrogen-bond donors (Lipinski definition) is 1. The average molecular weight is 430 g/mol. The summed E-state index contributed by atoms with van der Waals surface area (Å²) in [5, 5.41) is 8.99. The first kappa shape index (κ1) is 20.1. The first-order chi connectivity index (χ1) is 15.6. The topological polar surface area (TPSA) is 102 Å². The Morgan fingerprint density at radius 1 is 1.06 bits per heavy atom. The minimum Gasteiger partial charge on any atom is -0.378 e. The molecule has 0 unspecified atom stereocenters. The number of anilines is 1. The number of ether oxygens (including phenoxy) is 1. The molecule has 1 fully saturated rings. The molecule has 0 spiro atoms. The zero-order chi connectivity index (χ0) is 22.1. The summed E-state index contributed by atoms with van der Waals surface area (Å²) in [6.07, 6.45) is 7.00. The Labute approximate surface area is 183 Å². The van der Waals surface area contributed by atoms with E-state index in [0.717, 1.165) is 11.1 Å². The van der Waals surface area contributed by atoms with Crippen LogP contribution in [0, 0.1) is 0 Å². The lowest BCUT2D eigenvalue weighted by Crippen LogP contribution is -2.43. The zero-order valence-corrected chi connectivity index (χ0v) is 17.6. The van der Waals surface area contributed by atoms with Gasteiger partial charge in [-0.1, -0.05) is 6.07 Å². The van der Waals surface area contributed by atoms with Gasteiger partial charge in [0.2, 0.25) is 5.91 Å². The van der Waals surface area contributed by atoms with Crippen LogP contribution in [0.3, 0.4) is 0 Å². The molecule has 1 amide bonds. The van der Waals surface area contributed by atoms with Crippen LogP contribution in [0.1, 0.15) is 0 Å². The summed E-state index contributed by atoms with van der Waals surface area (Å²) < 4.78 is 6.99. The van der Waals surface area contributed by atoms with Gasteiger partial charge in [0.1, 0.15) is 5.82 Å². The van der Waals surface area contributed by atoms with Gasteiger partial charge in [-0.05, 0) is 18.2 Å². The summed E-state index contributed by atoms with van der Waals surface area (Å²) >= 11 is 0. The molecule has 5 rings (SSSR count). The smallest absolute Gasteiger partial charge is 0.242 e. The molecule has 4 aromatic rings. The second-order valence-corrected chi connectivity index (χ2v) is 7.73. The fourth-order valence-electron chi connectivity index (χ4n) is 3.81. The summed E-state index contributed by atoms with van der Waals surface area (Å²) in [5.41, 5.74) is 2.19. The second kappa shape index (κ2) is 8.35. The fraction of sp³-hybridized carbons (Fsp3) is 0.261. The van der Waals surface area contributed by atoms with Gasteiger partial charge in [-0.15, -0.1) is 0 Å². The Balaban J connectivity index is 1.49. The van der Waals surface area contributed by atoms with Crippen LogP contribution >= 0.6 is 0 Å². The number of nitrogens with one attached hydrogen (secondary N) is 1. The Hall–Kier alpha value is -3.85. The normalized spacial score (nSPS) is 14.1. The third-order valence-electron chi connectivity index (χ3n) is 5.59. The molecule has 4 heterocycles. The number of amides is 1. The van der Waals surface area contributed by atoms with Gasteiger partial charge in [0, 0.05) is 66.0 Å². The third-order valence-corrected chi connectivity index (χ3v) is 5.59. The standard InChI is InChI=1S/C23H22N6O3/c1-28-14-17(12-27-28)16-8-19-20(24-11-16)3-2-15-10-25-21(9-18(15)23(19)31)26-13-22(30)29-4-6-32-7-5-29/h2-3,8-12,14H,4-7,13H2,1H3,(H,25,26). The lowest BCUT2D eigenvalue weighted by atomic mass is 10.1. The maximum atomic E-state index is 13.4. The van der Waals surface area contributed by atoms with E-state index in [4.69, 9.17) is 4.74 Å². The van der Waals surface area contributed by atoms with Crippen molar-refractivity contribution in [1.82, 2.24) is 24.6 Å². The minimum atomic E-state index is -0.136. The van der Waals surface area contributed by atoms with Gasteiger partial charge in [-0.3, -0.25) is 19.3 Å². The minimum absolute atomic E-state index is 0.0214. The largest absolute Gasteiger partial charge is 0.378 e. The Kier molecular flexibility index (Phi) is 5.24. The fourth-order valence-corrected chi connectivity index (χ4v) is 3.81. The van der Waals surface area contributed by atoms with E-state index in [-0.39, 0.29) is 17.9 Å². The molecule has 0 saturated carbocycles. The highest BCUT2D eigenvalue weighted by atomic mass is 16.5. The predicted molar refractivity (Wildman–Crippen MR) is 121 cm³/mol. The summed E-state index contributed by atoms with van der Waals surface area (Å²) in [7, 11) is 1.84. The van der Waals surface area contributed by atoms with Gasteiger partial charge >= 0.3 is 0 Å². The van der Waals surface area contributed by atoms with Crippen LogP contribution in [0.5, 0.6) is 0 Å². The van der Waals surface area contributed by atoms with E-state index in [2.05, 4.69) is 20.4 Å². The SMILES string of the molecule is Cn1cc(-c2cnc3ccc4cnc(NCC(=O)N5CCOCC5)cc4c(=O)c3c2)cn1. The number of fused-ring (bicyclic) bond motifs is 2. The van der Waals surface area contributed by atoms with Crippen molar-refractivity contribution in [3.05, 3.63) is 59.3 Å². The number of morpholine rings is 1. The van der Waals surface area contributed by atoms with Crippen LogP contribution < -0.4 is 10.7 Å². The number of nitrogens with zero attached hydrogens (tertiary/aromatic N) is 5. The summed E-state index contributed by atoms with van der Waals surface area (Å²) in [6.45, 7) is 2.39. The number of rotatable bonds is 4. The van der Waals surface area contributed by atoms with Crippen molar-refractivity contribution in [3.63, 3.8) is 0 Å². The van der Waals surface area contributed by atoms with Crippen molar-refractivity contribution in [2.45, 2.75) is 0 Å². The molecule has 1 aromatic carbocycles. The van der Waals surface area contributed by atoms with Crippen molar-refractivity contribution in [2.24, 2.45) is 7.05 Å². The van der Waals surface area contributed by atoms with Gasteiger partial charge in [0.15, 0.2) is 5.43 Å². The molecule has 32 heavy (non-hydrogen) atoms. The van der Waals surface area contributed by atoms with Gasteiger partial charge < -0.3 is 15.0 Å². The van der Waals surface area contributed by atoms with Crippen LogP contribution in [-0.4, -0.2) is 63.4 Å². The third kappa shape index (κ3) is 3.90. The number of carbonyl (C=O) groups is 1. The van der Waals surface area contributed by atoms with E-state index >= 15 is 0 Å². The molecular weight excluding hydrogens is 408 g/mol. The molecule has 3 aromatic heterocycles. The number of aryl methyl sites for hydroxylation is 1. The number of carbonyl (C=O) groups excluding carboxylic acids is 1. The first-order valence-electron chi connectivity index (χ1n) is 10.4. The van der Waals surface area contributed by atoms with E-state index < -0.39 is 0 Å². The van der Waals surface area contributed by atoms with Gasteiger partial charge in [0.25, 0.3) is 0 Å². The van der Waals surface area contributed by atoms with Crippen LogP contribution in [-0.2, 0) is 16.6 Å². The molecule has 0 bridgehead atoms.